The van der Waals surface area contributed by atoms with Crippen LogP contribution in [0.1, 0.15) is 31.0 Å². The summed E-state index contributed by atoms with van der Waals surface area (Å²) in [6.07, 6.45) is 6.68. The van der Waals surface area contributed by atoms with Gasteiger partial charge in [0.15, 0.2) is 0 Å². The van der Waals surface area contributed by atoms with Crippen molar-refractivity contribution in [1.29, 1.82) is 0 Å². The van der Waals surface area contributed by atoms with Gasteiger partial charge < -0.3 is 0 Å². The van der Waals surface area contributed by atoms with E-state index in [9.17, 15) is 8.42 Å². The van der Waals surface area contributed by atoms with E-state index in [1.165, 1.54) is 24.7 Å². The molecule has 1 aliphatic heterocycles. The topological polar surface area (TPSA) is 62.3 Å². The zero-order chi connectivity index (χ0) is 15.7. The van der Waals surface area contributed by atoms with Crippen molar-refractivity contribution < 1.29 is 8.42 Å². The highest BCUT2D eigenvalue weighted by atomic mass is 32.2. The Balaban J connectivity index is 1.64. The van der Waals surface area contributed by atoms with E-state index in [2.05, 4.69) is 33.7 Å². The summed E-state index contributed by atoms with van der Waals surface area (Å²) in [6, 6.07) is 4.27. The molecule has 2 heterocycles. The molecule has 6 heteroatoms. The molecule has 0 amide bonds. The number of hydrogen-bond acceptors (Lipinski definition) is 4. The Kier molecular flexibility index (Phi) is 4.52. The van der Waals surface area contributed by atoms with Crippen molar-refractivity contribution in [3.8, 4) is 0 Å². The van der Waals surface area contributed by atoms with Gasteiger partial charge in [0.05, 0.1) is 11.9 Å². The van der Waals surface area contributed by atoms with Crippen LogP contribution in [-0.2, 0) is 23.0 Å². The maximum absolute atomic E-state index is 11.6. The van der Waals surface area contributed by atoms with Crippen molar-refractivity contribution >= 4 is 10.0 Å². The minimum atomic E-state index is -3.14. The summed E-state index contributed by atoms with van der Waals surface area (Å²) in [6.45, 7) is 4.68. The molecule has 2 aliphatic rings. The van der Waals surface area contributed by atoms with Crippen LogP contribution >= 0.6 is 0 Å². The normalized spacial score (nSPS) is 26.5. The number of hydrogen-bond donors (Lipinski definition) is 1. The first-order valence-corrected chi connectivity index (χ1v) is 9.97. The van der Waals surface area contributed by atoms with Crippen LogP contribution < -0.4 is 4.72 Å². The second kappa shape index (κ2) is 6.26. The maximum Gasteiger partial charge on any atom is 0.209 e. The predicted molar refractivity (Wildman–Crippen MR) is 86.9 cm³/mol. The molecule has 1 N–H and O–H groups in total. The van der Waals surface area contributed by atoms with Gasteiger partial charge in [0.2, 0.25) is 10.0 Å². The molecule has 122 valence electrons. The zero-order valence-electron chi connectivity index (χ0n) is 13.3. The number of rotatable bonds is 6. The summed E-state index contributed by atoms with van der Waals surface area (Å²) in [5.74, 6) is 1.14. The summed E-state index contributed by atoms with van der Waals surface area (Å²) in [7, 11) is -3.14. The van der Waals surface area contributed by atoms with Crippen LogP contribution in [0.4, 0.5) is 0 Å². The Morgan fingerprint density at radius 2 is 2.09 bits per heavy atom. The van der Waals surface area contributed by atoms with Crippen molar-refractivity contribution in [3.63, 3.8) is 0 Å². The van der Waals surface area contributed by atoms with Crippen molar-refractivity contribution in [2.75, 3.05) is 19.3 Å². The first-order chi connectivity index (χ1) is 10.4. The van der Waals surface area contributed by atoms with Gasteiger partial charge in [0, 0.05) is 31.9 Å². The van der Waals surface area contributed by atoms with Crippen LogP contribution in [0.25, 0.3) is 0 Å². The highest BCUT2D eigenvalue weighted by molar-refractivity contribution is 7.88. The van der Waals surface area contributed by atoms with Gasteiger partial charge in [0.1, 0.15) is 0 Å². The van der Waals surface area contributed by atoms with E-state index in [1.54, 1.807) is 0 Å². The minimum Gasteiger partial charge on any atom is -0.296 e. The van der Waals surface area contributed by atoms with E-state index in [4.69, 9.17) is 0 Å². The molecular formula is C16H25N3O2S. The lowest BCUT2D eigenvalue weighted by Gasteiger charge is -2.17. The SMILES string of the molecule is CCc1ccc(CN2C[C@@H](NS(C)(=O)=O)[C@H](C3CC3)C2)nc1. The van der Waals surface area contributed by atoms with Crippen molar-refractivity contribution in [2.24, 2.45) is 11.8 Å². The van der Waals surface area contributed by atoms with Crippen molar-refractivity contribution in [2.45, 2.75) is 38.8 Å². The molecular weight excluding hydrogens is 298 g/mol. The van der Waals surface area contributed by atoms with Gasteiger partial charge in [-0.15, -0.1) is 0 Å². The quantitative estimate of drug-likeness (QED) is 0.860. The van der Waals surface area contributed by atoms with E-state index in [0.717, 1.165) is 31.7 Å². The van der Waals surface area contributed by atoms with Crippen molar-refractivity contribution in [1.82, 2.24) is 14.6 Å². The number of aryl methyl sites for hydroxylation is 1. The van der Waals surface area contributed by atoms with E-state index in [1.807, 2.05) is 6.20 Å². The molecule has 1 saturated heterocycles. The van der Waals surface area contributed by atoms with E-state index in [-0.39, 0.29) is 6.04 Å². The average molecular weight is 323 g/mol. The molecule has 0 spiro atoms. The molecule has 0 radical (unpaired) electrons. The fraction of sp³-hybridized carbons (Fsp3) is 0.688. The molecule has 2 atom stereocenters. The van der Waals surface area contributed by atoms with Crippen LogP contribution in [0.3, 0.4) is 0 Å². The van der Waals surface area contributed by atoms with Crippen LogP contribution in [0.5, 0.6) is 0 Å². The molecule has 0 aromatic carbocycles. The summed E-state index contributed by atoms with van der Waals surface area (Å²) in [4.78, 5) is 6.85. The van der Waals surface area contributed by atoms with Crippen molar-refractivity contribution in [3.05, 3.63) is 29.6 Å². The number of likely N-dealkylation sites (tertiary alicyclic amines) is 1. The summed E-state index contributed by atoms with van der Waals surface area (Å²) in [5, 5.41) is 0. The first-order valence-electron chi connectivity index (χ1n) is 8.08. The molecule has 5 nitrogen and oxygen atoms in total. The third kappa shape index (κ3) is 4.06. The first kappa shape index (κ1) is 15.9. The average Bonchev–Trinajstić information content (AvgIpc) is 3.22. The lowest BCUT2D eigenvalue weighted by Crippen LogP contribution is -2.40. The fourth-order valence-corrected chi connectivity index (χ4v) is 4.23. The van der Waals surface area contributed by atoms with Gasteiger partial charge in [-0.05, 0) is 42.7 Å². The van der Waals surface area contributed by atoms with Gasteiger partial charge in [-0.3, -0.25) is 9.88 Å². The summed E-state index contributed by atoms with van der Waals surface area (Å²) >= 11 is 0. The second-order valence-electron chi connectivity index (χ2n) is 6.70. The third-order valence-electron chi connectivity index (χ3n) is 4.71. The van der Waals surface area contributed by atoms with Gasteiger partial charge in [0.25, 0.3) is 0 Å². The van der Waals surface area contributed by atoms with Crippen LogP contribution in [0.2, 0.25) is 0 Å². The third-order valence-corrected chi connectivity index (χ3v) is 5.44. The lowest BCUT2D eigenvalue weighted by atomic mass is 9.99. The van der Waals surface area contributed by atoms with E-state index in [0.29, 0.717) is 11.8 Å². The Bertz CT molecular complexity index is 611. The molecule has 3 rings (SSSR count). The predicted octanol–water partition coefficient (Wildman–Crippen LogP) is 1.40. The molecule has 1 saturated carbocycles. The molecule has 0 unspecified atom stereocenters. The highest BCUT2D eigenvalue weighted by Crippen LogP contribution is 2.41. The molecule has 1 aliphatic carbocycles. The monoisotopic (exact) mass is 323 g/mol. The molecule has 0 bridgehead atoms. The molecule has 1 aromatic rings. The van der Waals surface area contributed by atoms with Gasteiger partial charge >= 0.3 is 0 Å². The number of sulfonamides is 1. The van der Waals surface area contributed by atoms with E-state index < -0.39 is 10.0 Å². The Labute approximate surface area is 133 Å². The summed E-state index contributed by atoms with van der Waals surface area (Å²) < 4.78 is 26.0. The second-order valence-corrected chi connectivity index (χ2v) is 8.48. The Morgan fingerprint density at radius 3 is 2.64 bits per heavy atom. The number of pyridine rings is 1. The molecule has 22 heavy (non-hydrogen) atoms. The van der Waals surface area contributed by atoms with Crippen LogP contribution in [0.15, 0.2) is 18.3 Å². The Hall–Kier alpha value is -0.980. The van der Waals surface area contributed by atoms with Crippen LogP contribution in [-0.4, -0.2) is 43.7 Å². The van der Waals surface area contributed by atoms with E-state index >= 15 is 0 Å². The van der Waals surface area contributed by atoms with Crippen LogP contribution in [0, 0.1) is 11.8 Å². The van der Waals surface area contributed by atoms with Gasteiger partial charge in [-0.2, -0.15) is 0 Å². The maximum atomic E-state index is 11.6. The highest BCUT2D eigenvalue weighted by Gasteiger charge is 2.43. The van der Waals surface area contributed by atoms with Gasteiger partial charge in [-0.1, -0.05) is 13.0 Å². The smallest absolute Gasteiger partial charge is 0.209 e. The number of nitrogens with one attached hydrogen (secondary N) is 1. The molecule has 1 aromatic heterocycles. The number of nitrogens with zero attached hydrogens (tertiary/aromatic N) is 2. The Morgan fingerprint density at radius 1 is 1.32 bits per heavy atom. The largest absolute Gasteiger partial charge is 0.296 e. The van der Waals surface area contributed by atoms with Gasteiger partial charge in [-0.25, -0.2) is 13.1 Å². The standard InChI is InChI=1S/C16H25N3O2S/c1-3-12-4-7-14(17-8-12)9-19-10-15(13-5-6-13)16(11-19)18-22(2,20)21/h4,7-8,13,15-16,18H,3,5-6,9-11H2,1-2H3/t15-,16+/m0/s1. The zero-order valence-corrected chi connectivity index (χ0v) is 14.1. The fourth-order valence-electron chi connectivity index (χ4n) is 3.43. The minimum absolute atomic E-state index is 0.0532. The lowest BCUT2D eigenvalue weighted by molar-refractivity contribution is 0.306. The molecule has 2 fully saturated rings. The summed E-state index contributed by atoms with van der Waals surface area (Å²) in [5.41, 5.74) is 2.31. The number of aromatic nitrogens is 1.